The van der Waals surface area contributed by atoms with Crippen LogP contribution in [0.2, 0.25) is 0 Å². The third kappa shape index (κ3) is 5.42. The van der Waals surface area contributed by atoms with Crippen molar-refractivity contribution in [2.45, 2.75) is 59.3 Å². The lowest BCUT2D eigenvalue weighted by Gasteiger charge is -2.08. The summed E-state index contributed by atoms with van der Waals surface area (Å²) < 4.78 is 0. The minimum Gasteiger partial charge on any atom is -0.289 e. The molecule has 0 bridgehead atoms. The Hall–Kier alpha value is -1.37. The fourth-order valence-corrected chi connectivity index (χ4v) is 2.20. The van der Waals surface area contributed by atoms with Crippen LogP contribution in [0.25, 0.3) is 0 Å². The number of allylic oxidation sites excluding steroid dienone is 2. The van der Waals surface area contributed by atoms with E-state index < -0.39 is 0 Å². The highest BCUT2D eigenvalue weighted by Crippen LogP contribution is 2.16. The van der Waals surface area contributed by atoms with Gasteiger partial charge in [-0.2, -0.15) is 0 Å². The molecule has 0 fully saturated rings. The number of unbranched alkanes of at least 4 members (excludes halogenated alkanes) is 2. The molecule has 0 saturated heterocycles. The molecule has 0 aromatic heterocycles. The Morgan fingerprint density at radius 1 is 1.00 bits per heavy atom. The Labute approximate surface area is 117 Å². The molecule has 1 aromatic rings. The Kier molecular flexibility index (Phi) is 7.17. The predicted molar refractivity (Wildman–Crippen MR) is 82.8 cm³/mol. The van der Waals surface area contributed by atoms with Crippen LogP contribution in [0.4, 0.5) is 0 Å². The van der Waals surface area contributed by atoms with Crippen molar-refractivity contribution >= 4 is 5.78 Å². The second kappa shape index (κ2) is 8.68. The number of benzene rings is 1. The van der Waals surface area contributed by atoms with Crippen molar-refractivity contribution in [2.24, 2.45) is 0 Å². The number of rotatable bonds is 8. The maximum absolute atomic E-state index is 12.0. The molecule has 1 rings (SSSR count). The monoisotopic (exact) mass is 258 g/mol. The summed E-state index contributed by atoms with van der Waals surface area (Å²) >= 11 is 0. The van der Waals surface area contributed by atoms with Gasteiger partial charge < -0.3 is 0 Å². The van der Waals surface area contributed by atoms with Crippen molar-refractivity contribution < 1.29 is 4.79 Å². The first-order chi connectivity index (χ1) is 9.21. The van der Waals surface area contributed by atoms with E-state index in [-0.39, 0.29) is 5.78 Å². The van der Waals surface area contributed by atoms with E-state index in [1.54, 1.807) is 6.08 Å². The highest BCUT2D eigenvalue weighted by atomic mass is 16.1. The van der Waals surface area contributed by atoms with Crippen molar-refractivity contribution in [3.8, 4) is 0 Å². The average Bonchev–Trinajstić information content (AvgIpc) is 2.43. The van der Waals surface area contributed by atoms with E-state index in [9.17, 15) is 4.79 Å². The van der Waals surface area contributed by atoms with Gasteiger partial charge in [-0.1, -0.05) is 38.8 Å². The van der Waals surface area contributed by atoms with Crippen molar-refractivity contribution in [3.63, 3.8) is 0 Å². The molecule has 0 atom stereocenters. The molecule has 0 radical (unpaired) electrons. The third-order valence-corrected chi connectivity index (χ3v) is 3.29. The van der Waals surface area contributed by atoms with Gasteiger partial charge in [-0.05, 0) is 61.9 Å². The number of aryl methyl sites for hydroxylation is 2. The summed E-state index contributed by atoms with van der Waals surface area (Å²) in [5, 5.41) is 0. The SMILES string of the molecule is C/C=C/C(=O)c1cc(CCCC)cc(CCCC)c1. The molecule has 0 aliphatic carbocycles. The standard InChI is InChI=1S/C18H26O/c1-4-7-10-15-12-16(11-8-5-2)14-17(13-15)18(19)9-6-3/h6,9,12-14H,4-5,7-8,10-11H2,1-3H3/b9-6+. The van der Waals surface area contributed by atoms with Crippen LogP contribution in [-0.2, 0) is 12.8 Å². The molecule has 19 heavy (non-hydrogen) atoms. The van der Waals surface area contributed by atoms with Gasteiger partial charge in [0.2, 0.25) is 0 Å². The maximum atomic E-state index is 12.0. The van der Waals surface area contributed by atoms with E-state index in [1.807, 2.05) is 13.0 Å². The molecule has 1 heteroatoms. The summed E-state index contributed by atoms with van der Waals surface area (Å²) in [7, 11) is 0. The minimum absolute atomic E-state index is 0.124. The van der Waals surface area contributed by atoms with E-state index in [1.165, 1.54) is 36.8 Å². The zero-order valence-corrected chi connectivity index (χ0v) is 12.5. The smallest absolute Gasteiger partial charge is 0.185 e. The van der Waals surface area contributed by atoms with Crippen LogP contribution >= 0.6 is 0 Å². The van der Waals surface area contributed by atoms with E-state index in [4.69, 9.17) is 0 Å². The van der Waals surface area contributed by atoms with Crippen LogP contribution in [0, 0.1) is 0 Å². The highest BCUT2D eigenvalue weighted by molar-refractivity contribution is 6.04. The van der Waals surface area contributed by atoms with E-state index in [2.05, 4.69) is 32.0 Å². The second-order valence-electron chi connectivity index (χ2n) is 5.11. The molecule has 0 aliphatic heterocycles. The summed E-state index contributed by atoms with van der Waals surface area (Å²) in [5.41, 5.74) is 3.46. The van der Waals surface area contributed by atoms with Crippen LogP contribution in [0.1, 0.15) is 67.9 Å². The van der Waals surface area contributed by atoms with Gasteiger partial charge in [0.15, 0.2) is 5.78 Å². The summed E-state index contributed by atoms with van der Waals surface area (Å²) in [6, 6.07) is 6.40. The normalized spacial score (nSPS) is 11.1. The first-order valence-electron chi connectivity index (χ1n) is 7.51. The Balaban J connectivity index is 2.97. The Morgan fingerprint density at radius 2 is 1.53 bits per heavy atom. The number of ketones is 1. The van der Waals surface area contributed by atoms with Crippen LogP contribution in [0.5, 0.6) is 0 Å². The zero-order chi connectivity index (χ0) is 14.1. The fraction of sp³-hybridized carbons (Fsp3) is 0.500. The van der Waals surface area contributed by atoms with Crippen molar-refractivity contribution in [3.05, 3.63) is 47.0 Å². The molecule has 1 nitrogen and oxygen atoms in total. The van der Waals surface area contributed by atoms with E-state index in [0.717, 1.165) is 18.4 Å². The molecule has 0 unspecified atom stereocenters. The lowest BCUT2D eigenvalue weighted by atomic mass is 9.97. The lowest BCUT2D eigenvalue weighted by Crippen LogP contribution is -1.99. The van der Waals surface area contributed by atoms with Gasteiger partial charge in [0, 0.05) is 5.56 Å². The van der Waals surface area contributed by atoms with Crippen molar-refractivity contribution in [2.75, 3.05) is 0 Å². The molecule has 0 amide bonds. The Morgan fingerprint density at radius 3 is 1.95 bits per heavy atom. The van der Waals surface area contributed by atoms with Gasteiger partial charge in [0.05, 0.1) is 0 Å². The number of carbonyl (C=O) groups excluding carboxylic acids is 1. The lowest BCUT2D eigenvalue weighted by molar-refractivity contribution is 0.104. The molecule has 0 saturated carbocycles. The molecule has 1 aromatic carbocycles. The summed E-state index contributed by atoms with van der Waals surface area (Å²) in [5.74, 6) is 0.124. The van der Waals surface area contributed by atoms with Gasteiger partial charge >= 0.3 is 0 Å². The second-order valence-corrected chi connectivity index (χ2v) is 5.11. The molecule has 0 N–H and O–H groups in total. The summed E-state index contributed by atoms with van der Waals surface area (Å²) in [4.78, 5) is 12.0. The molecule has 104 valence electrons. The van der Waals surface area contributed by atoms with E-state index >= 15 is 0 Å². The fourth-order valence-electron chi connectivity index (χ4n) is 2.20. The van der Waals surface area contributed by atoms with Gasteiger partial charge in [-0.25, -0.2) is 0 Å². The topological polar surface area (TPSA) is 17.1 Å². The van der Waals surface area contributed by atoms with Crippen molar-refractivity contribution in [1.29, 1.82) is 0 Å². The molecular weight excluding hydrogens is 232 g/mol. The third-order valence-electron chi connectivity index (χ3n) is 3.29. The number of hydrogen-bond donors (Lipinski definition) is 0. The van der Waals surface area contributed by atoms with Crippen LogP contribution in [-0.4, -0.2) is 5.78 Å². The predicted octanol–water partition coefficient (Wildman–Crippen LogP) is 5.13. The van der Waals surface area contributed by atoms with E-state index in [0.29, 0.717) is 0 Å². The van der Waals surface area contributed by atoms with Gasteiger partial charge in [-0.15, -0.1) is 0 Å². The summed E-state index contributed by atoms with van der Waals surface area (Å²) in [6.45, 7) is 6.29. The van der Waals surface area contributed by atoms with Gasteiger partial charge in [0.25, 0.3) is 0 Å². The molecule has 0 aliphatic rings. The van der Waals surface area contributed by atoms with Crippen LogP contribution in [0.15, 0.2) is 30.4 Å². The first kappa shape index (κ1) is 15.7. The first-order valence-corrected chi connectivity index (χ1v) is 7.51. The molecule has 0 heterocycles. The Bertz CT molecular complexity index is 403. The van der Waals surface area contributed by atoms with Gasteiger partial charge in [0.1, 0.15) is 0 Å². The molecular formula is C18H26O. The minimum atomic E-state index is 0.124. The number of carbonyl (C=O) groups is 1. The quantitative estimate of drug-likeness (QED) is 0.466. The average molecular weight is 258 g/mol. The largest absolute Gasteiger partial charge is 0.289 e. The number of hydrogen-bond acceptors (Lipinski definition) is 1. The summed E-state index contributed by atoms with van der Waals surface area (Å²) in [6.07, 6.45) is 10.4. The highest BCUT2D eigenvalue weighted by Gasteiger charge is 2.06. The van der Waals surface area contributed by atoms with Crippen molar-refractivity contribution in [1.82, 2.24) is 0 Å². The molecule has 0 spiro atoms. The zero-order valence-electron chi connectivity index (χ0n) is 12.5. The van der Waals surface area contributed by atoms with Crippen LogP contribution in [0.3, 0.4) is 0 Å². The maximum Gasteiger partial charge on any atom is 0.185 e. The van der Waals surface area contributed by atoms with Crippen LogP contribution < -0.4 is 0 Å². The van der Waals surface area contributed by atoms with Gasteiger partial charge in [-0.3, -0.25) is 4.79 Å².